The van der Waals surface area contributed by atoms with Gasteiger partial charge in [0.15, 0.2) is 0 Å². The third kappa shape index (κ3) is 4.44. The molecule has 1 heterocycles. The van der Waals surface area contributed by atoms with Gasteiger partial charge in [0.25, 0.3) is 5.91 Å². The summed E-state index contributed by atoms with van der Waals surface area (Å²) in [5, 5.41) is 14.9. The molecular weight excluding hydrogens is 372 g/mol. The number of carbonyl (C=O) groups is 2. The van der Waals surface area contributed by atoms with E-state index in [-0.39, 0.29) is 11.8 Å². The van der Waals surface area contributed by atoms with Crippen LogP contribution in [0.2, 0.25) is 5.02 Å². The summed E-state index contributed by atoms with van der Waals surface area (Å²) in [6.45, 7) is 1.59. The molecule has 0 aliphatic rings. The van der Waals surface area contributed by atoms with E-state index in [0.29, 0.717) is 20.7 Å². The van der Waals surface area contributed by atoms with E-state index in [1.165, 1.54) is 11.3 Å². The first-order chi connectivity index (χ1) is 12.5. The molecule has 0 saturated heterocycles. The lowest BCUT2D eigenvalue weighted by Crippen LogP contribution is -2.41. The summed E-state index contributed by atoms with van der Waals surface area (Å²) in [4.78, 5) is 24.5. The van der Waals surface area contributed by atoms with Crippen LogP contribution in [0, 0.1) is 0 Å². The summed E-state index contributed by atoms with van der Waals surface area (Å²) in [6.07, 6.45) is 0. The number of anilines is 1. The van der Waals surface area contributed by atoms with Gasteiger partial charge < -0.3 is 5.32 Å². The van der Waals surface area contributed by atoms with Crippen LogP contribution in [0.4, 0.5) is 5.13 Å². The van der Waals surface area contributed by atoms with Crippen molar-refractivity contribution in [1.82, 2.24) is 15.5 Å². The maximum atomic E-state index is 12.3. The molecule has 0 aliphatic carbocycles. The van der Waals surface area contributed by atoms with Crippen molar-refractivity contribution < 1.29 is 9.59 Å². The Morgan fingerprint density at radius 2 is 1.85 bits per heavy atom. The van der Waals surface area contributed by atoms with Gasteiger partial charge in [0.1, 0.15) is 11.0 Å². The van der Waals surface area contributed by atoms with Crippen molar-refractivity contribution in [3.05, 3.63) is 65.2 Å². The normalized spacial score (nSPS) is 11.6. The highest BCUT2D eigenvalue weighted by molar-refractivity contribution is 7.18. The van der Waals surface area contributed by atoms with Gasteiger partial charge in [0.05, 0.1) is 0 Å². The lowest BCUT2D eigenvalue weighted by atomic mass is 10.2. The lowest BCUT2D eigenvalue weighted by molar-refractivity contribution is -0.117. The molecule has 0 bridgehead atoms. The second-order valence-electron chi connectivity index (χ2n) is 5.47. The van der Waals surface area contributed by atoms with Crippen LogP contribution in [-0.4, -0.2) is 28.1 Å². The van der Waals surface area contributed by atoms with Gasteiger partial charge in [0.2, 0.25) is 11.0 Å². The molecule has 0 spiro atoms. The number of nitrogens with zero attached hydrogens (tertiary/aromatic N) is 2. The number of aromatic nitrogens is 2. The first kappa shape index (κ1) is 18.0. The molecule has 3 aromatic rings. The standard InChI is InChI=1S/C18H15ClN4O2S/c1-11(20-16(25)13-8-5-9-14(19)10-13)15(24)21-18-23-22-17(26-18)12-6-3-2-4-7-12/h2-11H,1H3,(H,20,25)(H,21,23,24). The summed E-state index contributed by atoms with van der Waals surface area (Å²) in [7, 11) is 0. The van der Waals surface area contributed by atoms with Gasteiger partial charge in [-0.3, -0.25) is 14.9 Å². The molecule has 3 rings (SSSR count). The minimum absolute atomic E-state index is 0.373. The monoisotopic (exact) mass is 386 g/mol. The van der Waals surface area contributed by atoms with E-state index in [1.54, 1.807) is 31.2 Å². The summed E-state index contributed by atoms with van der Waals surface area (Å²) in [5.41, 5.74) is 1.31. The summed E-state index contributed by atoms with van der Waals surface area (Å²) < 4.78 is 0. The summed E-state index contributed by atoms with van der Waals surface area (Å²) in [5.74, 6) is -0.756. The van der Waals surface area contributed by atoms with Gasteiger partial charge in [-0.2, -0.15) is 0 Å². The minimum atomic E-state index is -0.745. The van der Waals surface area contributed by atoms with Crippen LogP contribution >= 0.6 is 22.9 Å². The van der Waals surface area contributed by atoms with Crippen LogP contribution in [0.15, 0.2) is 54.6 Å². The molecule has 2 amide bonds. The Kier molecular flexibility index (Phi) is 5.60. The third-order valence-electron chi connectivity index (χ3n) is 3.50. The molecule has 0 fully saturated rings. The molecule has 8 heteroatoms. The molecule has 1 aromatic heterocycles. The molecule has 2 aromatic carbocycles. The van der Waals surface area contributed by atoms with Crippen LogP contribution in [0.3, 0.4) is 0 Å². The van der Waals surface area contributed by atoms with E-state index < -0.39 is 6.04 Å². The first-order valence-electron chi connectivity index (χ1n) is 7.79. The number of rotatable bonds is 5. The Morgan fingerprint density at radius 1 is 1.08 bits per heavy atom. The number of hydrogen-bond donors (Lipinski definition) is 2. The van der Waals surface area contributed by atoms with Gasteiger partial charge in [0, 0.05) is 16.1 Å². The van der Waals surface area contributed by atoms with Crippen molar-refractivity contribution >= 4 is 39.9 Å². The second kappa shape index (κ2) is 8.07. The van der Waals surface area contributed by atoms with Crippen molar-refractivity contribution in [2.45, 2.75) is 13.0 Å². The average Bonchev–Trinajstić information content (AvgIpc) is 3.11. The highest BCUT2D eigenvalue weighted by Crippen LogP contribution is 2.25. The summed E-state index contributed by atoms with van der Waals surface area (Å²) in [6, 6.07) is 15.3. The molecule has 0 radical (unpaired) electrons. The third-order valence-corrected chi connectivity index (χ3v) is 4.63. The lowest BCUT2D eigenvalue weighted by Gasteiger charge is -2.12. The van der Waals surface area contributed by atoms with E-state index in [2.05, 4.69) is 20.8 Å². The van der Waals surface area contributed by atoms with Gasteiger partial charge in [-0.1, -0.05) is 59.3 Å². The topological polar surface area (TPSA) is 84.0 Å². The number of halogens is 1. The fourth-order valence-corrected chi connectivity index (χ4v) is 3.10. The van der Waals surface area contributed by atoms with Crippen LogP contribution in [0.1, 0.15) is 17.3 Å². The Morgan fingerprint density at radius 3 is 2.58 bits per heavy atom. The Bertz CT molecular complexity index is 930. The van der Waals surface area contributed by atoms with E-state index in [0.717, 1.165) is 5.56 Å². The summed E-state index contributed by atoms with van der Waals surface area (Å²) >= 11 is 7.14. The number of amides is 2. The predicted molar refractivity (Wildman–Crippen MR) is 102 cm³/mol. The molecule has 2 N–H and O–H groups in total. The average molecular weight is 387 g/mol. The SMILES string of the molecule is CC(NC(=O)c1cccc(Cl)c1)C(=O)Nc1nnc(-c2ccccc2)s1. The number of nitrogens with one attached hydrogen (secondary N) is 2. The Hall–Kier alpha value is -2.77. The van der Waals surface area contributed by atoms with Gasteiger partial charge in [-0.05, 0) is 25.1 Å². The molecule has 6 nitrogen and oxygen atoms in total. The maximum Gasteiger partial charge on any atom is 0.251 e. The van der Waals surface area contributed by atoms with Gasteiger partial charge in [-0.25, -0.2) is 0 Å². The van der Waals surface area contributed by atoms with Crippen molar-refractivity contribution in [2.75, 3.05) is 5.32 Å². The van der Waals surface area contributed by atoms with Gasteiger partial charge in [-0.15, -0.1) is 10.2 Å². The molecule has 0 aliphatic heterocycles. The fraction of sp³-hybridized carbons (Fsp3) is 0.111. The fourth-order valence-electron chi connectivity index (χ4n) is 2.16. The van der Waals surface area contributed by atoms with Crippen molar-refractivity contribution in [3.63, 3.8) is 0 Å². The Labute approximate surface area is 159 Å². The molecule has 26 heavy (non-hydrogen) atoms. The highest BCUT2D eigenvalue weighted by Gasteiger charge is 2.18. The largest absolute Gasteiger partial charge is 0.341 e. The van der Waals surface area contributed by atoms with E-state index in [4.69, 9.17) is 11.6 Å². The minimum Gasteiger partial charge on any atom is -0.341 e. The second-order valence-corrected chi connectivity index (χ2v) is 6.89. The molecule has 132 valence electrons. The van der Waals surface area contributed by atoms with Crippen LogP contribution < -0.4 is 10.6 Å². The maximum absolute atomic E-state index is 12.3. The zero-order valence-electron chi connectivity index (χ0n) is 13.8. The van der Waals surface area contributed by atoms with Crippen LogP contribution in [0.5, 0.6) is 0 Å². The van der Waals surface area contributed by atoms with Crippen LogP contribution in [0.25, 0.3) is 10.6 Å². The Balaban J connectivity index is 1.61. The van der Waals surface area contributed by atoms with Gasteiger partial charge >= 0.3 is 0 Å². The van der Waals surface area contributed by atoms with E-state index >= 15 is 0 Å². The number of carbonyl (C=O) groups excluding carboxylic acids is 2. The zero-order chi connectivity index (χ0) is 18.5. The molecule has 1 unspecified atom stereocenters. The zero-order valence-corrected chi connectivity index (χ0v) is 15.3. The van der Waals surface area contributed by atoms with E-state index in [1.807, 2.05) is 30.3 Å². The van der Waals surface area contributed by atoms with E-state index in [9.17, 15) is 9.59 Å². The quantitative estimate of drug-likeness (QED) is 0.701. The molecule has 1 atom stereocenters. The number of benzene rings is 2. The predicted octanol–water partition coefficient (Wildman–Crippen LogP) is 3.62. The number of hydrogen-bond acceptors (Lipinski definition) is 5. The first-order valence-corrected chi connectivity index (χ1v) is 8.98. The van der Waals surface area contributed by atoms with Crippen molar-refractivity contribution in [2.24, 2.45) is 0 Å². The highest BCUT2D eigenvalue weighted by atomic mass is 35.5. The molecular formula is C18H15ClN4O2S. The molecule has 0 saturated carbocycles. The van der Waals surface area contributed by atoms with Crippen molar-refractivity contribution in [3.8, 4) is 10.6 Å². The smallest absolute Gasteiger partial charge is 0.251 e. The van der Waals surface area contributed by atoms with Crippen molar-refractivity contribution in [1.29, 1.82) is 0 Å². The van der Waals surface area contributed by atoms with Crippen LogP contribution in [-0.2, 0) is 4.79 Å².